The molecule has 0 aliphatic rings. The summed E-state index contributed by atoms with van der Waals surface area (Å²) >= 11 is 8.00. The molecule has 0 aromatic heterocycles. The average molecular weight is 349 g/mol. The van der Waals surface area contributed by atoms with E-state index in [1.807, 2.05) is 0 Å². The first kappa shape index (κ1) is 13.3. The van der Waals surface area contributed by atoms with Crippen molar-refractivity contribution in [1.29, 1.82) is 5.26 Å². The fourth-order valence-electron chi connectivity index (χ4n) is 1.03. The van der Waals surface area contributed by atoms with E-state index in [9.17, 15) is 4.79 Å². The maximum absolute atomic E-state index is 11.6. The van der Waals surface area contributed by atoms with Crippen molar-refractivity contribution < 1.29 is 4.79 Å². The summed E-state index contributed by atoms with van der Waals surface area (Å²) in [5.41, 5.74) is 0.510. The van der Waals surface area contributed by atoms with Crippen molar-refractivity contribution in [2.24, 2.45) is 5.92 Å². The SMILES string of the molecule is CC(C#N)CNC(=O)c1ccc(I)c(Cl)c1. The van der Waals surface area contributed by atoms with Gasteiger partial charge in [0.25, 0.3) is 5.91 Å². The molecule has 1 rings (SSSR count). The zero-order chi connectivity index (χ0) is 12.1. The molecule has 0 saturated heterocycles. The largest absolute Gasteiger partial charge is 0.351 e. The van der Waals surface area contributed by atoms with Crippen LogP contribution in [-0.2, 0) is 0 Å². The Hall–Kier alpha value is -0.800. The highest BCUT2D eigenvalue weighted by Crippen LogP contribution is 2.19. The van der Waals surface area contributed by atoms with Crippen LogP contribution in [0, 0.1) is 20.8 Å². The Kier molecular flexibility index (Phi) is 5.03. The van der Waals surface area contributed by atoms with Crippen molar-refractivity contribution in [2.75, 3.05) is 6.54 Å². The van der Waals surface area contributed by atoms with Gasteiger partial charge in [-0.15, -0.1) is 0 Å². The Morgan fingerprint density at radius 3 is 2.94 bits per heavy atom. The van der Waals surface area contributed by atoms with Crippen LogP contribution in [0.5, 0.6) is 0 Å². The Labute approximate surface area is 113 Å². The van der Waals surface area contributed by atoms with E-state index in [0.29, 0.717) is 17.1 Å². The standard InChI is InChI=1S/C11H10ClIN2O/c1-7(5-14)6-15-11(16)8-2-3-10(13)9(12)4-8/h2-4,7H,6H2,1H3,(H,15,16). The van der Waals surface area contributed by atoms with E-state index in [4.69, 9.17) is 16.9 Å². The van der Waals surface area contributed by atoms with E-state index in [-0.39, 0.29) is 11.8 Å². The number of amides is 1. The van der Waals surface area contributed by atoms with Crippen molar-refractivity contribution in [1.82, 2.24) is 5.32 Å². The molecule has 1 aromatic carbocycles. The second-order valence-corrected chi connectivity index (χ2v) is 4.94. The van der Waals surface area contributed by atoms with Crippen molar-refractivity contribution >= 4 is 40.1 Å². The number of halogens is 2. The van der Waals surface area contributed by atoms with Gasteiger partial charge in [0.1, 0.15) is 0 Å². The van der Waals surface area contributed by atoms with Gasteiger partial charge in [0, 0.05) is 15.7 Å². The molecule has 1 atom stereocenters. The predicted molar refractivity (Wildman–Crippen MR) is 71.3 cm³/mol. The third kappa shape index (κ3) is 3.65. The van der Waals surface area contributed by atoms with Crippen LogP contribution in [0.1, 0.15) is 17.3 Å². The molecule has 84 valence electrons. The number of carbonyl (C=O) groups is 1. The Morgan fingerprint density at radius 2 is 2.38 bits per heavy atom. The highest BCUT2D eigenvalue weighted by Gasteiger charge is 2.08. The highest BCUT2D eigenvalue weighted by molar-refractivity contribution is 14.1. The third-order valence-corrected chi connectivity index (χ3v) is 3.54. The first-order chi connectivity index (χ1) is 7.54. The molecular weight excluding hydrogens is 338 g/mol. The number of hydrogen-bond acceptors (Lipinski definition) is 2. The highest BCUT2D eigenvalue weighted by atomic mass is 127. The molecule has 0 bridgehead atoms. The quantitative estimate of drug-likeness (QED) is 0.854. The maximum atomic E-state index is 11.6. The predicted octanol–water partition coefficient (Wildman–Crippen LogP) is 2.83. The summed E-state index contributed by atoms with van der Waals surface area (Å²) < 4.78 is 0.904. The van der Waals surface area contributed by atoms with Gasteiger partial charge in [-0.3, -0.25) is 4.79 Å². The van der Waals surface area contributed by atoms with Gasteiger partial charge in [0.15, 0.2) is 0 Å². The lowest BCUT2D eigenvalue weighted by Crippen LogP contribution is -2.27. The van der Waals surface area contributed by atoms with Gasteiger partial charge < -0.3 is 5.32 Å². The summed E-state index contributed by atoms with van der Waals surface area (Å²) in [6, 6.07) is 7.16. The van der Waals surface area contributed by atoms with Crippen LogP contribution in [0.3, 0.4) is 0 Å². The Morgan fingerprint density at radius 1 is 1.69 bits per heavy atom. The van der Waals surface area contributed by atoms with E-state index in [2.05, 4.69) is 34.0 Å². The van der Waals surface area contributed by atoms with Gasteiger partial charge in [0.2, 0.25) is 0 Å². The molecule has 1 aromatic rings. The smallest absolute Gasteiger partial charge is 0.251 e. The summed E-state index contributed by atoms with van der Waals surface area (Å²) in [6.45, 7) is 2.10. The van der Waals surface area contributed by atoms with Crippen molar-refractivity contribution in [3.63, 3.8) is 0 Å². The molecule has 0 heterocycles. The lowest BCUT2D eigenvalue weighted by Gasteiger charge is -2.06. The summed E-state index contributed by atoms with van der Waals surface area (Å²) in [6.07, 6.45) is 0. The van der Waals surface area contributed by atoms with E-state index in [0.717, 1.165) is 3.57 Å². The minimum Gasteiger partial charge on any atom is -0.351 e. The lowest BCUT2D eigenvalue weighted by atomic mass is 10.2. The third-order valence-electron chi connectivity index (χ3n) is 1.97. The summed E-state index contributed by atoms with van der Waals surface area (Å²) in [7, 11) is 0. The number of nitrogens with zero attached hydrogens (tertiary/aromatic N) is 1. The number of rotatable bonds is 3. The zero-order valence-corrected chi connectivity index (χ0v) is 11.5. The zero-order valence-electron chi connectivity index (χ0n) is 8.63. The molecule has 5 heteroatoms. The van der Waals surface area contributed by atoms with Crippen molar-refractivity contribution in [3.05, 3.63) is 32.4 Å². The van der Waals surface area contributed by atoms with Crippen molar-refractivity contribution in [2.45, 2.75) is 6.92 Å². The molecule has 0 saturated carbocycles. The molecule has 0 aliphatic carbocycles. The first-order valence-electron chi connectivity index (χ1n) is 4.67. The number of nitrogens with one attached hydrogen (secondary N) is 1. The Bertz CT molecular complexity index is 442. The minimum atomic E-state index is -0.208. The Balaban J connectivity index is 2.67. The summed E-state index contributed by atoms with van der Waals surface area (Å²) in [5.74, 6) is -0.399. The van der Waals surface area contributed by atoms with Crippen LogP contribution in [0.4, 0.5) is 0 Å². The van der Waals surface area contributed by atoms with Crippen LogP contribution < -0.4 is 5.32 Å². The van der Waals surface area contributed by atoms with Gasteiger partial charge in [-0.25, -0.2) is 0 Å². The van der Waals surface area contributed by atoms with E-state index in [1.165, 1.54) is 0 Å². The van der Waals surface area contributed by atoms with E-state index >= 15 is 0 Å². The normalized spacial score (nSPS) is 11.6. The molecule has 3 nitrogen and oxygen atoms in total. The molecule has 1 unspecified atom stereocenters. The average Bonchev–Trinajstić information content (AvgIpc) is 2.29. The van der Waals surface area contributed by atoms with Crippen LogP contribution in [-0.4, -0.2) is 12.5 Å². The number of carbonyl (C=O) groups excluding carboxylic acids is 1. The van der Waals surface area contributed by atoms with Gasteiger partial charge >= 0.3 is 0 Å². The first-order valence-corrected chi connectivity index (χ1v) is 6.13. The molecular formula is C11H10ClIN2O. The molecule has 0 radical (unpaired) electrons. The van der Waals surface area contributed by atoms with Crippen LogP contribution in [0.15, 0.2) is 18.2 Å². The maximum Gasteiger partial charge on any atom is 0.251 e. The summed E-state index contributed by atoms with van der Waals surface area (Å²) in [5, 5.41) is 11.8. The molecule has 16 heavy (non-hydrogen) atoms. The monoisotopic (exact) mass is 348 g/mol. The topological polar surface area (TPSA) is 52.9 Å². The van der Waals surface area contributed by atoms with Gasteiger partial charge in [0.05, 0.1) is 17.0 Å². The molecule has 0 spiro atoms. The minimum absolute atomic E-state index is 0.191. The van der Waals surface area contributed by atoms with Crippen LogP contribution >= 0.6 is 34.2 Å². The van der Waals surface area contributed by atoms with E-state index < -0.39 is 0 Å². The van der Waals surface area contributed by atoms with E-state index in [1.54, 1.807) is 25.1 Å². The molecule has 1 N–H and O–H groups in total. The van der Waals surface area contributed by atoms with Gasteiger partial charge in [-0.05, 0) is 47.7 Å². The molecule has 0 aliphatic heterocycles. The van der Waals surface area contributed by atoms with Gasteiger partial charge in [-0.1, -0.05) is 11.6 Å². The number of benzene rings is 1. The molecule has 1 amide bonds. The van der Waals surface area contributed by atoms with Crippen molar-refractivity contribution in [3.8, 4) is 6.07 Å². The second kappa shape index (κ2) is 6.06. The number of hydrogen-bond donors (Lipinski definition) is 1. The lowest BCUT2D eigenvalue weighted by molar-refractivity contribution is 0.0951. The fourth-order valence-corrected chi connectivity index (χ4v) is 1.55. The fraction of sp³-hybridized carbons (Fsp3) is 0.273. The summed E-state index contributed by atoms with van der Waals surface area (Å²) in [4.78, 5) is 11.6. The van der Waals surface area contributed by atoms with Crippen LogP contribution in [0.25, 0.3) is 0 Å². The van der Waals surface area contributed by atoms with Gasteiger partial charge in [-0.2, -0.15) is 5.26 Å². The second-order valence-electron chi connectivity index (χ2n) is 3.37. The number of nitriles is 1. The van der Waals surface area contributed by atoms with Crippen LogP contribution in [0.2, 0.25) is 5.02 Å². The molecule has 0 fully saturated rings.